The minimum atomic E-state index is -4.23. The van der Waals surface area contributed by atoms with Crippen molar-refractivity contribution in [3.05, 3.63) is 35.9 Å². The molecule has 10 heteroatoms. The molecule has 0 radical (unpaired) electrons. The molecule has 136 valence electrons. The molecule has 0 bridgehead atoms. The number of alkyl halides is 3. The summed E-state index contributed by atoms with van der Waals surface area (Å²) >= 11 is 7.05. The fourth-order valence-corrected chi connectivity index (χ4v) is 3.27. The highest BCUT2D eigenvalue weighted by Crippen LogP contribution is 2.28. The van der Waals surface area contributed by atoms with E-state index in [0.29, 0.717) is 11.4 Å². The molecule has 25 heavy (non-hydrogen) atoms. The molecular weight excluding hydrogens is 377 g/mol. The monoisotopic (exact) mass is 392 g/mol. The van der Waals surface area contributed by atoms with Gasteiger partial charge in [0, 0.05) is 19.0 Å². The van der Waals surface area contributed by atoms with Crippen LogP contribution in [-0.4, -0.2) is 44.9 Å². The largest absolute Gasteiger partial charge is 0.389 e. The molecule has 0 aromatic carbocycles. The van der Waals surface area contributed by atoms with Crippen molar-refractivity contribution in [3.63, 3.8) is 0 Å². The Kier molecular flexibility index (Phi) is 6.34. The van der Waals surface area contributed by atoms with Crippen LogP contribution in [0.1, 0.15) is 13.3 Å². The molecule has 0 N–H and O–H groups in total. The molecule has 0 saturated heterocycles. The van der Waals surface area contributed by atoms with E-state index in [2.05, 4.69) is 10.1 Å². The second-order valence-corrected chi connectivity index (χ2v) is 7.04. The van der Waals surface area contributed by atoms with E-state index in [1.165, 1.54) is 16.6 Å². The standard InChI is InChI=1S/C15H16ClF3N4OS/c1-10(25-7-5-15(17,18)19)14(24)22(2)12-9-23(21-13(12)16)11-4-3-6-20-8-11/h3-4,6,8-10H,5,7H2,1-2H3. The molecule has 0 fully saturated rings. The highest BCUT2D eigenvalue weighted by Gasteiger charge is 2.28. The molecule has 2 aromatic rings. The van der Waals surface area contributed by atoms with E-state index in [4.69, 9.17) is 11.6 Å². The average molecular weight is 393 g/mol. The predicted molar refractivity (Wildman–Crippen MR) is 92.4 cm³/mol. The van der Waals surface area contributed by atoms with Crippen LogP contribution >= 0.6 is 23.4 Å². The van der Waals surface area contributed by atoms with Gasteiger partial charge in [0.1, 0.15) is 5.69 Å². The molecule has 2 aromatic heterocycles. The fourth-order valence-electron chi connectivity index (χ4n) is 2.00. The Morgan fingerprint density at radius 1 is 1.48 bits per heavy atom. The molecule has 2 rings (SSSR count). The molecule has 0 saturated carbocycles. The van der Waals surface area contributed by atoms with Crippen LogP contribution < -0.4 is 4.90 Å². The molecule has 0 aliphatic rings. The Hall–Kier alpha value is -1.74. The third-order valence-electron chi connectivity index (χ3n) is 3.36. The molecule has 0 aliphatic carbocycles. The van der Waals surface area contributed by atoms with Gasteiger partial charge in [0.05, 0.1) is 29.8 Å². The lowest BCUT2D eigenvalue weighted by atomic mass is 10.3. The number of rotatable bonds is 6. The maximum Gasteiger partial charge on any atom is 0.389 e. The zero-order valence-electron chi connectivity index (χ0n) is 13.5. The number of aromatic nitrogens is 3. The quantitative estimate of drug-likeness (QED) is 0.746. The van der Waals surface area contributed by atoms with Crippen LogP contribution in [0, 0.1) is 0 Å². The van der Waals surface area contributed by atoms with Crippen molar-refractivity contribution in [1.29, 1.82) is 0 Å². The van der Waals surface area contributed by atoms with Gasteiger partial charge in [-0.15, -0.1) is 11.8 Å². The Labute approximate surface area is 152 Å². The Bertz CT molecular complexity index is 723. The van der Waals surface area contributed by atoms with Gasteiger partial charge in [0.25, 0.3) is 0 Å². The highest BCUT2D eigenvalue weighted by molar-refractivity contribution is 8.00. The molecule has 1 amide bonds. The van der Waals surface area contributed by atoms with Gasteiger partial charge in [-0.25, -0.2) is 4.68 Å². The van der Waals surface area contributed by atoms with E-state index in [1.807, 2.05) is 0 Å². The lowest BCUT2D eigenvalue weighted by Crippen LogP contribution is -2.33. The first-order valence-corrected chi connectivity index (χ1v) is 8.73. The van der Waals surface area contributed by atoms with Crippen LogP contribution in [0.25, 0.3) is 5.69 Å². The number of hydrogen-bond acceptors (Lipinski definition) is 4. The molecular formula is C15H16ClF3N4OS. The maximum atomic E-state index is 12.4. The van der Waals surface area contributed by atoms with Crippen molar-refractivity contribution in [3.8, 4) is 5.69 Å². The van der Waals surface area contributed by atoms with Gasteiger partial charge < -0.3 is 4.90 Å². The van der Waals surface area contributed by atoms with Crippen LogP contribution in [0.5, 0.6) is 0 Å². The Balaban J connectivity index is 2.05. The van der Waals surface area contributed by atoms with Gasteiger partial charge in [-0.3, -0.25) is 9.78 Å². The lowest BCUT2D eigenvalue weighted by Gasteiger charge is -2.20. The number of halogens is 4. The number of nitrogens with zero attached hydrogens (tertiary/aromatic N) is 4. The Morgan fingerprint density at radius 2 is 2.20 bits per heavy atom. The summed E-state index contributed by atoms with van der Waals surface area (Å²) in [5, 5.41) is 3.61. The van der Waals surface area contributed by atoms with Gasteiger partial charge in [-0.05, 0) is 19.1 Å². The second-order valence-electron chi connectivity index (χ2n) is 5.24. The summed E-state index contributed by atoms with van der Waals surface area (Å²) in [4.78, 5) is 17.7. The van der Waals surface area contributed by atoms with Crippen LogP contribution in [-0.2, 0) is 4.79 Å². The minimum Gasteiger partial charge on any atom is -0.310 e. The first-order chi connectivity index (χ1) is 11.7. The summed E-state index contributed by atoms with van der Waals surface area (Å²) < 4.78 is 38.1. The molecule has 2 heterocycles. The van der Waals surface area contributed by atoms with E-state index in [1.54, 1.807) is 37.6 Å². The van der Waals surface area contributed by atoms with E-state index in [9.17, 15) is 18.0 Å². The van der Waals surface area contributed by atoms with Crippen molar-refractivity contribution < 1.29 is 18.0 Å². The summed E-state index contributed by atoms with van der Waals surface area (Å²) in [6.07, 6.45) is -0.381. The number of hydrogen-bond donors (Lipinski definition) is 0. The first-order valence-electron chi connectivity index (χ1n) is 7.30. The van der Waals surface area contributed by atoms with Gasteiger partial charge in [-0.2, -0.15) is 18.3 Å². The number of thioether (sulfide) groups is 1. The van der Waals surface area contributed by atoms with E-state index in [-0.39, 0.29) is 16.8 Å². The Morgan fingerprint density at radius 3 is 2.80 bits per heavy atom. The van der Waals surface area contributed by atoms with Crippen LogP contribution in [0.15, 0.2) is 30.7 Å². The van der Waals surface area contributed by atoms with Gasteiger partial charge in [-0.1, -0.05) is 11.6 Å². The van der Waals surface area contributed by atoms with Crippen molar-refractivity contribution in [2.45, 2.75) is 24.8 Å². The zero-order valence-corrected chi connectivity index (χ0v) is 15.1. The number of pyridine rings is 1. The van der Waals surface area contributed by atoms with Crippen molar-refractivity contribution in [2.75, 3.05) is 17.7 Å². The van der Waals surface area contributed by atoms with Crippen LogP contribution in [0.4, 0.5) is 18.9 Å². The number of carbonyl (C=O) groups is 1. The second kappa shape index (κ2) is 8.09. The number of amides is 1. The maximum absolute atomic E-state index is 12.4. The summed E-state index contributed by atoms with van der Waals surface area (Å²) in [6, 6.07) is 3.51. The highest BCUT2D eigenvalue weighted by atomic mass is 35.5. The normalized spacial score (nSPS) is 12.9. The van der Waals surface area contributed by atoms with Crippen LogP contribution in [0.3, 0.4) is 0 Å². The molecule has 0 aliphatic heterocycles. The third kappa shape index (κ3) is 5.37. The third-order valence-corrected chi connectivity index (χ3v) is 4.77. The molecule has 1 atom stereocenters. The molecule has 0 spiro atoms. The van der Waals surface area contributed by atoms with E-state index < -0.39 is 17.8 Å². The number of carbonyl (C=O) groups excluding carboxylic acids is 1. The van der Waals surface area contributed by atoms with E-state index >= 15 is 0 Å². The van der Waals surface area contributed by atoms with Crippen LogP contribution in [0.2, 0.25) is 5.15 Å². The van der Waals surface area contributed by atoms with Gasteiger partial charge in [0.2, 0.25) is 5.91 Å². The smallest absolute Gasteiger partial charge is 0.310 e. The average Bonchev–Trinajstić information content (AvgIpc) is 2.95. The predicted octanol–water partition coefficient (Wildman–Crippen LogP) is 3.96. The topological polar surface area (TPSA) is 51.0 Å². The fraction of sp³-hybridized carbons (Fsp3) is 0.400. The summed E-state index contributed by atoms with van der Waals surface area (Å²) in [5.41, 5.74) is 1.04. The first kappa shape index (κ1) is 19.6. The van der Waals surface area contributed by atoms with E-state index in [0.717, 1.165) is 11.8 Å². The van der Waals surface area contributed by atoms with Gasteiger partial charge >= 0.3 is 6.18 Å². The summed E-state index contributed by atoms with van der Waals surface area (Å²) in [5.74, 6) is -0.521. The minimum absolute atomic E-state index is 0.118. The van der Waals surface area contributed by atoms with Crippen molar-refractivity contribution in [2.24, 2.45) is 0 Å². The number of anilines is 1. The lowest BCUT2D eigenvalue weighted by molar-refractivity contribution is -0.129. The molecule has 1 unspecified atom stereocenters. The summed E-state index contributed by atoms with van der Waals surface area (Å²) in [7, 11) is 1.51. The van der Waals surface area contributed by atoms with Gasteiger partial charge in [0.15, 0.2) is 5.15 Å². The van der Waals surface area contributed by atoms with Crippen molar-refractivity contribution in [1.82, 2.24) is 14.8 Å². The molecule has 5 nitrogen and oxygen atoms in total. The van der Waals surface area contributed by atoms with Crippen molar-refractivity contribution >= 4 is 35.0 Å². The zero-order chi connectivity index (χ0) is 18.6. The summed E-state index contributed by atoms with van der Waals surface area (Å²) in [6.45, 7) is 1.57. The SMILES string of the molecule is CC(SCCC(F)(F)F)C(=O)N(C)c1cn(-c2cccnc2)nc1Cl.